The Morgan fingerprint density at radius 3 is 2.80 bits per heavy atom. The number of nitrogens with two attached hydrogens (primary N) is 1. The molecule has 0 aliphatic carbocycles. The number of hydrogen-bond acceptors (Lipinski definition) is 4. The summed E-state index contributed by atoms with van der Waals surface area (Å²) < 4.78 is 0. The Morgan fingerprint density at radius 2 is 2.05 bits per heavy atom. The number of nitrogens with zero attached hydrogens (tertiary/aromatic N) is 3. The van der Waals surface area contributed by atoms with Gasteiger partial charge in [0.1, 0.15) is 5.82 Å². The number of hydrogen-bond donors (Lipinski definition) is 1. The molecule has 2 saturated heterocycles. The fraction of sp³-hybridized carbons (Fsp3) is 0.600. The Kier molecular flexibility index (Phi) is 3.87. The van der Waals surface area contributed by atoms with Gasteiger partial charge in [-0.25, -0.2) is 4.98 Å². The first-order chi connectivity index (χ1) is 9.75. The highest BCUT2D eigenvalue weighted by Crippen LogP contribution is 2.24. The van der Waals surface area contributed by atoms with Gasteiger partial charge in [-0.2, -0.15) is 0 Å². The van der Waals surface area contributed by atoms with Crippen LogP contribution in [0.25, 0.3) is 0 Å². The van der Waals surface area contributed by atoms with Crippen LogP contribution in [0, 0.1) is 0 Å². The molecule has 1 aromatic rings. The minimum atomic E-state index is 0.0788. The lowest BCUT2D eigenvalue weighted by Crippen LogP contribution is -2.46. The average Bonchev–Trinajstić information content (AvgIpc) is 3.00. The number of carbonyl (C=O) groups excluding carboxylic acids is 1. The zero-order chi connectivity index (χ0) is 13.9. The van der Waals surface area contributed by atoms with Crippen molar-refractivity contribution >= 4 is 11.7 Å². The van der Waals surface area contributed by atoms with Gasteiger partial charge in [0.05, 0.1) is 5.56 Å². The number of anilines is 1. The standard InChI is InChI=1S/C15H22N4O/c16-12-5-4-10-19(11-12)15(20)13-6-3-7-17-14(13)18-8-1-2-9-18/h3,6-7,12H,1-2,4-5,8-11,16H2. The van der Waals surface area contributed by atoms with Crippen LogP contribution < -0.4 is 10.6 Å². The second-order valence-corrected chi connectivity index (χ2v) is 5.72. The zero-order valence-corrected chi connectivity index (χ0v) is 11.8. The molecule has 5 nitrogen and oxygen atoms in total. The van der Waals surface area contributed by atoms with E-state index in [1.807, 2.05) is 17.0 Å². The molecule has 0 bridgehead atoms. The minimum absolute atomic E-state index is 0.0788. The first-order valence-electron chi connectivity index (χ1n) is 7.50. The van der Waals surface area contributed by atoms with Crippen molar-refractivity contribution in [3.63, 3.8) is 0 Å². The number of pyridine rings is 1. The van der Waals surface area contributed by atoms with E-state index in [0.29, 0.717) is 6.54 Å². The summed E-state index contributed by atoms with van der Waals surface area (Å²) in [6.07, 6.45) is 6.13. The highest BCUT2D eigenvalue weighted by molar-refractivity contribution is 5.99. The smallest absolute Gasteiger partial charge is 0.257 e. The molecular formula is C15H22N4O. The molecule has 0 radical (unpaired) electrons. The molecular weight excluding hydrogens is 252 g/mol. The lowest BCUT2D eigenvalue weighted by molar-refractivity contribution is 0.0709. The van der Waals surface area contributed by atoms with Crippen molar-refractivity contribution in [1.82, 2.24) is 9.88 Å². The van der Waals surface area contributed by atoms with Crippen LogP contribution >= 0.6 is 0 Å². The zero-order valence-electron chi connectivity index (χ0n) is 11.8. The van der Waals surface area contributed by atoms with Crippen LogP contribution in [0.2, 0.25) is 0 Å². The largest absolute Gasteiger partial charge is 0.356 e. The van der Waals surface area contributed by atoms with Crippen molar-refractivity contribution in [2.45, 2.75) is 31.7 Å². The first-order valence-corrected chi connectivity index (χ1v) is 7.50. The first kappa shape index (κ1) is 13.4. The van der Waals surface area contributed by atoms with E-state index >= 15 is 0 Å². The summed E-state index contributed by atoms with van der Waals surface area (Å²) in [5, 5.41) is 0. The van der Waals surface area contributed by atoms with Gasteiger partial charge in [-0.05, 0) is 37.8 Å². The van der Waals surface area contributed by atoms with Crippen molar-refractivity contribution in [2.24, 2.45) is 5.73 Å². The van der Waals surface area contributed by atoms with E-state index in [9.17, 15) is 4.79 Å². The molecule has 3 rings (SSSR count). The normalized spacial score (nSPS) is 23.1. The number of amides is 1. The van der Waals surface area contributed by atoms with Crippen LogP contribution in [-0.2, 0) is 0 Å². The Morgan fingerprint density at radius 1 is 1.25 bits per heavy atom. The molecule has 0 aromatic carbocycles. The SMILES string of the molecule is NC1CCCN(C(=O)c2cccnc2N2CCCC2)C1. The predicted molar refractivity (Wildman–Crippen MR) is 78.8 cm³/mol. The summed E-state index contributed by atoms with van der Waals surface area (Å²) in [6.45, 7) is 3.46. The van der Waals surface area contributed by atoms with Crippen LogP contribution in [-0.4, -0.2) is 48.0 Å². The maximum atomic E-state index is 12.7. The van der Waals surface area contributed by atoms with Crippen molar-refractivity contribution in [2.75, 3.05) is 31.1 Å². The summed E-state index contributed by atoms with van der Waals surface area (Å²) in [6, 6.07) is 3.85. The quantitative estimate of drug-likeness (QED) is 0.881. The predicted octanol–water partition coefficient (Wildman–Crippen LogP) is 1.25. The fourth-order valence-corrected chi connectivity index (χ4v) is 3.11. The number of rotatable bonds is 2. The average molecular weight is 274 g/mol. The number of carbonyl (C=O) groups is 1. The monoisotopic (exact) mass is 274 g/mol. The molecule has 0 spiro atoms. The number of piperidine rings is 1. The Labute approximate surface area is 119 Å². The molecule has 1 aromatic heterocycles. The molecule has 1 atom stereocenters. The molecule has 2 N–H and O–H groups in total. The van der Waals surface area contributed by atoms with Gasteiger partial charge in [-0.15, -0.1) is 0 Å². The Balaban J connectivity index is 1.83. The maximum absolute atomic E-state index is 12.7. The molecule has 3 heterocycles. The van der Waals surface area contributed by atoms with Crippen LogP contribution in [0.3, 0.4) is 0 Å². The summed E-state index contributed by atoms with van der Waals surface area (Å²) in [5.74, 6) is 0.921. The molecule has 1 amide bonds. The lowest BCUT2D eigenvalue weighted by atomic mass is 10.1. The van der Waals surface area contributed by atoms with Gasteiger partial charge in [0, 0.05) is 38.4 Å². The van der Waals surface area contributed by atoms with Crippen molar-refractivity contribution in [1.29, 1.82) is 0 Å². The summed E-state index contributed by atoms with van der Waals surface area (Å²) in [4.78, 5) is 21.3. The van der Waals surface area contributed by atoms with Gasteiger partial charge in [0.2, 0.25) is 0 Å². The van der Waals surface area contributed by atoms with E-state index in [0.717, 1.165) is 43.9 Å². The second-order valence-electron chi connectivity index (χ2n) is 5.72. The van der Waals surface area contributed by atoms with Crippen LogP contribution in [0.5, 0.6) is 0 Å². The number of aromatic nitrogens is 1. The fourth-order valence-electron chi connectivity index (χ4n) is 3.11. The summed E-state index contributed by atoms with van der Waals surface area (Å²) in [7, 11) is 0. The van der Waals surface area contributed by atoms with E-state index in [2.05, 4.69) is 9.88 Å². The molecule has 2 aliphatic rings. The molecule has 0 saturated carbocycles. The third-order valence-electron chi connectivity index (χ3n) is 4.17. The highest BCUT2D eigenvalue weighted by Gasteiger charge is 2.26. The van der Waals surface area contributed by atoms with Gasteiger partial charge in [-0.3, -0.25) is 4.79 Å². The van der Waals surface area contributed by atoms with Gasteiger partial charge in [-0.1, -0.05) is 0 Å². The van der Waals surface area contributed by atoms with Crippen LogP contribution in [0.15, 0.2) is 18.3 Å². The molecule has 2 fully saturated rings. The molecule has 20 heavy (non-hydrogen) atoms. The van der Waals surface area contributed by atoms with E-state index in [-0.39, 0.29) is 11.9 Å². The van der Waals surface area contributed by atoms with E-state index < -0.39 is 0 Å². The lowest BCUT2D eigenvalue weighted by Gasteiger charge is -2.31. The van der Waals surface area contributed by atoms with Gasteiger partial charge in [0.25, 0.3) is 5.91 Å². The van der Waals surface area contributed by atoms with Crippen LogP contribution in [0.1, 0.15) is 36.0 Å². The van der Waals surface area contributed by atoms with Crippen LogP contribution in [0.4, 0.5) is 5.82 Å². The molecule has 5 heteroatoms. The van der Waals surface area contributed by atoms with Crippen molar-refractivity contribution in [3.8, 4) is 0 Å². The molecule has 2 aliphatic heterocycles. The number of likely N-dealkylation sites (tertiary alicyclic amines) is 1. The Hall–Kier alpha value is -1.62. The Bertz CT molecular complexity index is 485. The van der Waals surface area contributed by atoms with Crippen molar-refractivity contribution in [3.05, 3.63) is 23.9 Å². The van der Waals surface area contributed by atoms with E-state index in [4.69, 9.17) is 5.73 Å². The van der Waals surface area contributed by atoms with Gasteiger partial charge < -0.3 is 15.5 Å². The molecule has 108 valence electrons. The second kappa shape index (κ2) is 5.79. The minimum Gasteiger partial charge on any atom is -0.356 e. The van der Waals surface area contributed by atoms with Gasteiger partial charge >= 0.3 is 0 Å². The third kappa shape index (κ3) is 2.63. The van der Waals surface area contributed by atoms with E-state index in [1.54, 1.807) is 6.20 Å². The third-order valence-corrected chi connectivity index (χ3v) is 4.17. The highest BCUT2D eigenvalue weighted by atomic mass is 16.2. The summed E-state index contributed by atoms with van der Waals surface area (Å²) in [5.41, 5.74) is 6.71. The van der Waals surface area contributed by atoms with E-state index in [1.165, 1.54) is 12.8 Å². The topological polar surface area (TPSA) is 62.5 Å². The molecule has 1 unspecified atom stereocenters. The maximum Gasteiger partial charge on any atom is 0.257 e. The van der Waals surface area contributed by atoms with Crippen molar-refractivity contribution < 1.29 is 4.79 Å². The van der Waals surface area contributed by atoms with Gasteiger partial charge in [0.15, 0.2) is 0 Å². The summed E-state index contributed by atoms with van der Waals surface area (Å²) >= 11 is 0.